The maximum atomic E-state index is 13.1. The van der Waals surface area contributed by atoms with E-state index in [1.165, 1.54) is 12.3 Å². The van der Waals surface area contributed by atoms with E-state index in [4.69, 9.17) is 9.47 Å². The Balaban J connectivity index is 1.78. The number of carbonyl (C=O) groups is 2. The number of amides is 2. The number of phenols is 2. The van der Waals surface area contributed by atoms with Gasteiger partial charge in [0.25, 0.3) is 0 Å². The van der Waals surface area contributed by atoms with E-state index in [9.17, 15) is 19.8 Å². The van der Waals surface area contributed by atoms with Gasteiger partial charge in [-0.1, -0.05) is 54.6 Å². The van der Waals surface area contributed by atoms with Crippen LogP contribution in [0.5, 0.6) is 11.5 Å². The van der Waals surface area contributed by atoms with Crippen molar-refractivity contribution in [3.05, 3.63) is 77.5 Å². The van der Waals surface area contributed by atoms with E-state index < -0.39 is 29.7 Å². The first kappa shape index (κ1) is 27.5. The highest BCUT2D eigenvalue weighted by molar-refractivity contribution is 5.97. The van der Waals surface area contributed by atoms with Crippen LogP contribution in [0.4, 0.5) is 4.79 Å². The predicted octanol–water partition coefficient (Wildman–Crippen LogP) is 5.14. The number of ether oxygens (including phenoxy) is 2. The van der Waals surface area contributed by atoms with E-state index in [0.717, 1.165) is 5.56 Å². The smallest absolute Gasteiger partial charge is 0.408 e. The molecule has 196 valence electrons. The lowest BCUT2D eigenvalue weighted by Crippen LogP contribution is -2.53. The summed E-state index contributed by atoms with van der Waals surface area (Å²) in [7, 11) is 0. The highest BCUT2D eigenvalue weighted by Gasteiger charge is 2.29. The SMILES string of the molecule is Cc1c(C=CNC(=O)[C@H](NC(=O)OC(C)(C)C)C(C)OCc2ccccc2)c(O)c2ccccc2c1O. The van der Waals surface area contributed by atoms with Gasteiger partial charge in [-0.25, -0.2) is 4.79 Å². The zero-order valence-electron chi connectivity index (χ0n) is 21.7. The van der Waals surface area contributed by atoms with Gasteiger partial charge < -0.3 is 30.3 Å². The summed E-state index contributed by atoms with van der Waals surface area (Å²) in [5, 5.41) is 27.6. The Morgan fingerprint density at radius 3 is 2.19 bits per heavy atom. The molecule has 0 fully saturated rings. The minimum Gasteiger partial charge on any atom is -0.507 e. The van der Waals surface area contributed by atoms with Gasteiger partial charge in [0.15, 0.2) is 0 Å². The van der Waals surface area contributed by atoms with Crippen LogP contribution in [0.1, 0.15) is 44.4 Å². The number of carbonyl (C=O) groups excluding carboxylic acids is 2. The van der Waals surface area contributed by atoms with Crippen LogP contribution in [0.2, 0.25) is 0 Å². The predicted molar refractivity (Wildman–Crippen MR) is 143 cm³/mol. The molecule has 1 unspecified atom stereocenters. The van der Waals surface area contributed by atoms with Crippen LogP contribution in [0, 0.1) is 6.92 Å². The van der Waals surface area contributed by atoms with Crippen LogP contribution >= 0.6 is 0 Å². The number of hydrogen-bond acceptors (Lipinski definition) is 6. The minimum absolute atomic E-state index is 0.0145. The second kappa shape index (κ2) is 11.8. The monoisotopic (exact) mass is 506 g/mol. The van der Waals surface area contributed by atoms with Gasteiger partial charge in [-0.15, -0.1) is 0 Å². The first-order valence-corrected chi connectivity index (χ1v) is 12.0. The van der Waals surface area contributed by atoms with Gasteiger partial charge in [0.05, 0.1) is 12.7 Å². The van der Waals surface area contributed by atoms with Gasteiger partial charge in [-0.2, -0.15) is 0 Å². The summed E-state index contributed by atoms with van der Waals surface area (Å²) in [4.78, 5) is 25.6. The van der Waals surface area contributed by atoms with E-state index >= 15 is 0 Å². The molecule has 37 heavy (non-hydrogen) atoms. The molecule has 8 nitrogen and oxygen atoms in total. The lowest BCUT2D eigenvalue weighted by atomic mass is 9.98. The molecule has 0 bridgehead atoms. The molecule has 2 amide bonds. The van der Waals surface area contributed by atoms with E-state index in [2.05, 4.69) is 10.6 Å². The van der Waals surface area contributed by atoms with E-state index in [1.54, 1.807) is 58.9 Å². The van der Waals surface area contributed by atoms with Crippen molar-refractivity contribution in [2.75, 3.05) is 0 Å². The van der Waals surface area contributed by atoms with Crippen molar-refractivity contribution in [3.63, 3.8) is 0 Å². The topological polar surface area (TPSA) is 117 Å². The molecule has 3 aromatic rings. The Hall–Kier alpha value is -4.04. The third-order valence-corrected chi connectivity index (χ3v) is 5.71. The van der Waals surface area contributed by atoms with Crippen molar-refractivity contribution in [1.82, 2.24) is 10.6 Å². The van der Waals surface area contributed by atoms with Crippen molar-refractivity contribution in [2.24, 2.45) is 0 Å². The number of benzene rings is 3. The molecule has 0 saturated heterocycles. The average molecular weight is 507 g/mol. The van der Waals surface area contributed by atoms with Crippen LogP contribution in [0.3, 0.4) is 0 Å². The first-order chi connectivity index (χ1) is 17.5. The lowest BCUT2D eigenvalue weighted by Gasteiger charge is -2.26. The third kappa shape index (κ3) is 7.24. The zero-order chi connectivity index (χ0) is 27.2. The molecule has 0 spiro atoms. The maximum absolute atomic E-state index is 13.1. The summed E-state index contributed by atoms with van der Waals surface area (Å²) in [6.07, 6.45) is 1.40. The van der Waals surface area contributed by atoms with Crippen LogP contribution < -0.4 is 10.6 Å². The number of aromatic hydroxyl groups is 2. The Bertz CT molecular complexity index is 1280. The molecule has 3 rings (SSSR count). The summed E-state index contributed by atoms with van der Waals surface area (Å²) in [6, 6.07) is 15.4. The summed E-state index contributed by atoms with van der Waals surface area (Å²) in [5.41, 5.74) is 1.01. The summed E-state index contributed by atoms with van der Waals surface area (Å²) >= 11 is 0. The number of nitrogens with one attached hydrogen (secondary N) is 2. The van der Waals surface area contributed by atoms with E-state index in [1.807, 2.05) is 30.3 Å². The Morgan fingerprint density at radius 2 is 1.57 bits per heavy atom. The first-order valence-electron chi connectivity index (χ1n) is 12.0. The summed E-state index contributed by atoms with van der Waals surface area (Å²) in [5.74, 6) is -0.504. The molecular weight excluding hydrogens is 472 g/mol. The second-order valence-corrected chi connectivity index (χ2v) is 9.75. The largest absolute Gasteiger partial charge is 0.507 e. The summed E-state index contributed by atoms with van der Waals surface area (Å²) < 4.78 is 11.2. The fraction of sp³-hybridized carbons (Fsp3) is 0.310. The van der Waals surface area contributed by atoms with E-state index in [0.29, 0.717) is 21.9 Å². The van der Waals surface area contributed by atoms with Crippen LogP contribution in [0.15, 0.2) is 60.8 Å². The average Bonchev–Trinajstić information content (AvgIpc) is 2.86. The van der Waals surface area contributed by atoms with Gasteiger partial charge >= 0.3 is 6.09 Å². The number of phenolic OH excluding ortho intramolecular Hbond substituents is 2. The molecule has 8 heteroatoms. The van der Waals surface area contributed by atoms with Crippen molar-refractivity contribution in [3.8, 4) is 11.5 Å². The fourth-order valence-electron chi connectivity index (χ4n) is 3.78. The minimum atomic E-state index is -1.07. The highest BCUT2D eigenvalue weighted by Crippen LogP contribution is 2.39. The van der Waals surface area contributed by atoms with Crippen molar-refractivity contribution in [1.29, 1.82) is 0 Å². The molecule has 2 atom stereocenters. The van der Waals surface area contributed by atoms with E-state index in [-0.39, 0.29) is 18.1 Å². The zero-order valence-corrected chi connectivity index (χ0v) is 21.7. The lowest BCUT2D eigenvalue weighted by molar-refractivity contribution is -0.126. The number of hydrogen-bond donors (Lipinski definition) is 4. The molecule has 3 aromatic carbocycles. The number of rotatable bonds is 8. The maximum Gasteiger partial charge on any atom is 0.408 e. The number of alkyl carbamates (subject to hydrolysis) is 1. The van der Waals surface area contributed by atoms with Gasteiger partial charge in [-0.05, 0) is 46.3 Å². The normalized spacial score (nSPS) is 13.3. The van der Waals surface area contributed by atoms with Gasteiger partial charge in [0.1, 0.15) is 23.1 Å². The van der Waals surface area contributed by atoms with Crippen LogP contribution in [-0.2, 0) is 20.9 Å². The molecule has 0 heterocycles. The fourth-order valence-corrected chi connectivity index (χ4v) is 3.78. The molecule has 0 radical (unpaired) electrons. The molecule has 0 aliphatic carbocycles. The van der Waals surface area contributed by atoms with Gasteiger partial charge in [0.2, 0.25) is 5.91 Å². The van der Waals surface area contributed by atoms with Gasteiger partial charge in [-0.3, -0.25) is 4.79 Å². The molecular formula is C29H34N2O6. The summed E-state index contributed by atoms with van der Waals surface area (Å²) in [6.45, 7) is 8.80. The quantitative estimate of drug-likeness (QED) is 0.314. The molecule has 0 aromatic heterocycles. The van der Waals surface area contributed by atoms with Crippen molar-refractivity contribution in [2.45, 2.75) is 59.0 Å². The molecule has 0 aliphatic heterocycles. The highest BCUT2D eigenvalue weighted by atomic mass is 16.6. The van der Waals surface area contributed by atoms with Crippen LogP contribution in [-0.4, -0.2) is 40.0 Å². The van der Waals surface area contributed by atoms with Crippen molar-refractivity contribution < 1.29 is 29.3 Å². The standard InChI is InChI=1S/C29H34N2O6/c1-18-21(26(33)23-14-10-9-13-22(23)25(18)32)15-16-30-27(34)24(31-28(35)37-29(3,4)5)19(2)36-17-20-11-7-6-8-12-20/h6-16,19,24,32-33H,17H2,1-5H3,(H,30,34)(H,31,35)/t19?,24-/m1/s1. The van der Waals surface area contributed by atoms with Gasteiger partial charge in [0, 0.05) is 28.1 Å². The number of fused-ring (bicyclic) bond motifs is 1. The van der Waals surface area contributed by atoms with Crippen LogP contribution in [0.25, 0.3) is 16.8 Å². The Labute approximate surface area is 216 Å². The van der Waals surface area contributed by atoms with Crippen molar-refractivity contribution >= 4 is 28.8 Å². The third-order valence-electron chi connectivity index (χ3n) is 5.71. The Kier molecular flexibility index (Phi) is 8.78. The molecule has 4 N–H and O–H groups in total. The molecule has 0 saturated carbocycles. The Morgan fingerprint density at radius 1 is 0.973 bits per heavy atom. The second-order valence-electron chi connectivity index (χ2n) is 9.75. The molecule has 0 aliphatic rings.